The molecule has 1 amide bonds. The van der Waals surface area contributed by atoms with E-state index in [1.807, 2.05) is 30.9 Å². The maximum Gasteiger partial charge on any atom is 0.262 e. The lowest BCUT2D eigenvalue weighted by Crippen LogP contribution is -2.38. The van der Waals surface area contributed by atoms with E-state index >= 15 is 0 Å². The maximum absolute atomic E-state index is 12.8. The lowest BCUT2D eigenvalue weighted by atomic mass is 9.98. The van der Waals surface area contributed by atoms with Crippen molar-refractivity contribution in [3.63, 3.8) is 0 Å². The molecule has 27 heavy (non-hydrogen) atoms. The molecule has 3 rings (SSSR count). The molecule has 0 radical (unpaired) electrons. The van der Waals surface area contributed by atoms with Crippen LogP contribution < -0.4 is 4.72 Å². The van der Waals surface area contributed by atoms with Crippen LogP contribution in [0.15, 0.2) is 41.3 Å². The van der Waals surface area contributed by atoms with Crippen LogP contribution in [0.4, 0.5) is 5.69 Å². The Kier molecular flexibility index (Phi) is 5.49. The first-order chi connectivity index (χ1) is 12.7. The quantitative estimate of drug-likeness (QED) is 0.834. The normalized spacial score (nSPS) is 14.2. The van der Waals surface area contributed by atoms with E-state index in [9.17, 15) is 13.2 Å². The number of halogens is 1. The Hall–Kier alpha value is -2.05. The van der Waals surface area contributed by atoms with Crippen LogP contribution in [-0.2, 0) is 27.8 Å². The zero-order valence-corrected chi connectivity index (χ0v) is 17.2. The number of nitrogens with one attached hydrogen (secondary N) is 1. The smallest absolute Gasteiger partial charge is 0.262 e. The van der Waals surface area contributed by atoms with Gasteiger partial charge in [-0.25, -0.2) is 8.42 Å². The van der Waals surface area contributed by atoms with Crippen molar-refractivity contribution >= 4 is 33.2 Å². The molecule has 0 unspecified atom stereocenters. The SMILES string of the molecule is Cc1c(Cl)cccc1S(=O)(=O)Nc1ccc2c(c1)CN(C(=O)C(C)C)CC2. The molecule has 0 bridgehead atoms. The van der Waals surface area contributed by atoms with Gasteiger partial charge in [0.05, 0.1) is 4.90 Å². The Morgan fingerprint density at radius 2 is 1.93 bits per heavy atom. The molecule has 0 aliphatic carbocycles. The first kappa shape index (κ1) is 19.7. The Morgan fingerprint density at radius 3 is 2.63 bits per heavy atom. The second-order valence-electron chi connectivity index (χ2n) is 7.12. The van der Waals surface area contributed by atoms with E-state index in [1.54, 1.807) is 25.1 Å². The standard InChI is InChI=1S/C20H23ClN2O3S/c1-13(2)20(24)23-10-9-15-7-8-17(11-16(15)12-23)22-27(25,26)19-6-4-5-18(21)14(19)3/h4-8,11,13,22H,9-10,12H2,1-3H3. The summed E-state index contributed by atoms with van der Waals surface area (Å²) >= 11 is 6.06. The van der Waals surface area contributed by atoms with E-state index in [-0.39, 0.29) is 16.7 Å². The van der Waals surface area contributed by atoms with Gasteiger partial charge in [-0.15, -0.1) is 0 Å². The Labute approximate surface area is 165 Å². The number of rotatable bonds is 4. The van der Waals surface area contributed by atoms with Gasteiger partial charge in [-0.1, -0.05) is 37.6 Å². The van der Waals surface area contributed by atoms with Crippen LogP contribution in [0.2, 0.25) is 5.02 Å². The molecular weight excluding hydrogens is 384 g/mol. The van der Waals surface area contributed by atoms with E-state index in [1.165, 1.54) is 6.07 Å². The van der Waals surface area contributed by atoms with Crippen molar-refractivity contribution in [2.24, 2.45) is 5.92 Å². The molecule has 5 nitrogen and oxygen atoms in total. The fourth-order valence-electron chi connectivity index (χ4n) is 3.26. The van der Waals surface area contributed by atoms with Crippen LogP contribution in [0.5, 0.6) is 0 Å². The molecule has 0 fully saturated rings. The number of nitrogens with zero attached hydrogens (tertiary/aromatic N) is 1. The summed E-state index contributed by atoms with van der Waals surface area (Å²) in [6, 6.07) is 10.3. The molecule has 0 saturated carbocycles. The minimum Gasteiger partial charge on any atom is -0.338 e. The third-order valence-corrected chi connectivity index (χ3v) is 6.72. The number of carbonyl (C=O) groups is 1. The zero-order valence-electron chi connectivity index (χ0n) is 15.6. The van der Waals surface area contributed by atoms with Crippen molar-refractivity contribution in [3.05, 3.63) is 58.1 Å². The molecule has 2 aromatic carbocycles. The fourth-order valence-corrected chi connectivity index (χ4v) is 4.81. The summed E-state index contributed by atoms with van der Waals surface area (Å²) in [5.41, 5.74) is 3.10. The maximum atomic E-state index is 12.8. The van der Waals surface area contributed by atoms with Crippen LogP contribution in [0, 0.1) is 12.8 Å². The van der Waals surface area contributed by atoms with Crippen LogP contribution in [0.25, 0.3) is 0 Å². The summed E-state index contributed by atoms with van der Waals surface area (Å²) in [5.74, 6) is 0.0558. The molecule has 0 saturated heterocycles. The monoisotopic (exact) mass is 406 g/mol. The van der Waals surface area contributed by atoms with Crippen LogP contribution in [0.1, 0.15) is 30.5 Å². The molecule has 0 atom stereocenters. The molecule has 1 N–H and O–H groups in total. The summed E-state index contributed by atoms with van der Waals surface area (Å²) in [6.45, 7) is 6.64. The molecule has 2 aromatic rings. The number of fused-ring (bicyclic) bond motifs is 1. The highest BCUT2D eigenvalue weighted by Gasteiger charge is 2.24. The molecule has 1 aliphatic heterocycles. The van der Waals surface area contributed by atoms with E-state index in [2.05, 4.69) is 4.72 Å². The number of carbonyl (C=O) groups excluding carboxylic acids is 1. The Balaban J connectivity index is 1.86. The number of hydrogen-bond acceptors (Lipinski definition) is 3. The van der Waals surface area contributed by atoms with E-state index in [0.717, 1.165) is 17.5 Å². The second-order valence-corrected chi connectivity index (χ2v) is 9.17. The first-order valence-electron chi connectivity index (χ1n) is 8.87. The minimum absolute atomic E-state index is 0.0564. The average molecular weight is 407 g/mol. The van der Waals surface area contributed by atoms with Crippen LogP contribution in [-0.4, -0.2) is 25.8 Å². The van der Waals surface area contributed by atoms with Gasteiger partial charge in [0, 0.05) is 29.7 Å². The summed E-state index contributed by atoms with van der Waals surface area (Å²) in [6.07, 6.45) is 0.772. The molecule has 144 valence electrons. The minimum atomic E-state index is -3.75. The van der Waals surface area contributed by atoms with E-state index in [4.69, 9.17) is 11.6 Å². The average Bonchev–Trinajstić information content (AvgIpc) is 2.62. The largest absolute Gasteiger partial charge is 0.338 e. The predicted octanol–water partition coefficient (Wildman–Crippen LogP) is 3.99. The molecular formula is C20H23ClN2O3S. The van der Waals surface area contributed by atoms with Gasteiger partial charge in [0.25, 0.3) is 10.0 Å². The fraction of sp³-hybridized carbons (Fsp3) is 0.350. The lowest BCUT2D eigenvalue weighted by Gasteiger charge is -2.30. The van der Waals surface area contributed by atoms with Gasteiger partial charge in [0.1, 0.15) is 0 Å². The first-order valence-corrected chi connectivity index (χ1v) is 10.7. The summed E-state index contributed by atoms with van der Waals surface area (Å²) in [4.78, 5) is 14.3. The van der Waals surface area contributed by atoms with Crippen molar-refractivity contribution in [2.75, 3.05) is 11.3 Å². The van der Waals surface area contributed by atoms with Crippen molar-refractivity contribution in [1.29, 1.82) is 0 Å². The Morgan fingerprint density at radius 1 is 1.19 bits per heavy atom. The van der Waals surface area contributed by atoms with Crippen LogP contribution in [0.3, 0.4) is 0 Å². The highest BCUT2D eigenvalue weighted by Crippen LogP contribution is 2.27. The number of amides is 1. The van der Waals surface area contributed by atoms with Gasteiger partial charge in [-0.2, -0.15) is 0 Å². The molecule has 0 aromatic heterocycles. The number of hydrogen-bond donors (Lipinski definition) is 1. The molecule has 0 spiro atoms. The highest BCUT2D eigenvalue weighted by molar-refractivity contribution is 7.92. The Bertz CT molecular complexity index is 987. The van der Waals surface area contributed by atoms with Gasteiger partial charge < -0.3 is 4.90 Å². The summed E-state index contributed by atoms with van der Waals surface area (Å²) < 4.78 is 28.2. The summed E-state index contributed by atoms with van der Waals surface area (Å²) in [5, 5.41) is 0.408. The number of anilines is 1. The van der Waals surface area contributed by atoms with Gasteiger partial charge >= 0.3 is 0 Å². The van der Waals surface area contributed by atoms with Gasteiger partial charge in [-0.05, 0) is 54.3 Å². The van der Waals surface area contributed by atoms with Crippen molar-refractivity contribution in [1.82, 2.24) is 4.90 Å². The predicted molar refractivity (Wildman–Crippen MR) is 107 cm³/mol. The van der Waals surface area contributed by atoms with Gasteiger partial charge in [-0.3, -0.25) is 9.52 Å². The van der Waals surface area contributed by atoms with Crippen molar-refractivity contribution in [2.45, 2.75) is 38.6 Å². The third-order valence-electron chi connectivity index (χ3n) is 4.78. The van der Waals surface area contributed by atoms with Crippen molar-refractivity contribution in [3.8, 4) is 0 Å². The number of benzene rings is 2. The molecule has 1 heterocycles. The van der Waals surface area contributed by atoms with Gasteiger partial charge in [0.2, 0.25) is 5.91 Å². The topological polar surface area (TPSA) is 66.5 Å². The summed E-state index contributed by atoms with van der Waals surface area (Å²) in [7, 11) is -3.75. The molecule has 7 heteroatoms. The highest BCUT2D eigenvalue weighted by atomic mass is 35.5. The van der Waals surface area contributed by atoms with E-state index in [0.29, 0.717) is 29.4 Å². The third kappa shape index (κ3) is 4.12. The number of sulfonamides is 1. The zero-order chi connectivity index (χ0) is 19.8. The van der Waals surface area contributed by atoms with Crippen LogP contribution >= 0.6 is 11.6 Å². The van der Waals surface area contributed by atoms with Crippen molar-refractivity contribution < 1.29 is 13.2 Å². The second kappa shape index (κ2) is 7.52. The lowest BCUT2D eigenvalue weighted by molar-refractivity contribution is -0.135. The van der Waals surface area contributed by atoms with Gasteiger partial charge in [0.15, 0.2) is 0 Å². The van der Waals surface area contributed by atoms with E-state index < -0.39 is 10.0 Å². The molecule has 1 aliphatic rings.